The molecule has 1 fully saturated rings. The van der Waals surface area contributed by atoms with Crippen molar-refractivity contribution in [2.45, 2.75) is 31.7 Å². The second-order valence-electron chi connectivity index (χ2n) is 5.85. The van der Waals surface area contributed by atoms with Crippen LogP contribution in [0.5, 0.6) is 0 Å². The second-order valence-corrected chi connectivity index (χ2v) is 5.85. The van der Waals surface area contributed by atoms with E-state index in [2.05, 4.69) is 16.3 Å². The van der Waals surface area contributed by atoms with Crippen LogP contribution >= 0.6 is 0 Å². The molecule has 2 atom stereocenters. The van der Waals surface area contributed by atoms with Crippen LogP contribution in [0.2, 0.25) is 0 Å². The van der Waals surface area contributed by atoms with E-state index < -0.39 is 11.9 Å². The van der Waals surface area contributed by atoms with Crippen molar-refractivity contribution in [3.05, 3.63) is 29.8 Å². The Bertz CT molecular complexity index is 558. The van der Waals surface area contributed by atoms with E-state index in [9.17, 15) is 9.59 Å². The number of rotatable bonds is 4. The molecule has 0 aromatic heterocycles. The lowest BCUT2D eigenvalue weighted by Gasteiger charge is -2.22. The Kier molecular flexibility index (Phi) is 3.82. The molecule has 5 nitrogen and oxygen atoms in total. The summed E-state index contributed by atoms with van der Waals surface area (Å²) in [5, 5.41) is 12.1. The molecule has 2 N–H and O–H groups in total. The van der Waals surface area contributed by atoms with Gasteiger partial charge in [0.2, 0.25) is 5.91 Å². The molecule has 1 aliphatic carbocycles. The molecule has 1 heterocycles. The number of carbonyl (C=O) groups excluding carboxylic acids is 1. The summed E-state index contributed by atoms with van der Waals surface area (Å²) < 4.78 is 0. The maximum absolute atomic E-state index is 12.2. The van der Waals surface area contributed by atoms with Crippen LogP contribution in [0.15, 0.2) is 24.3 Å². The van der Waals surface area contributed by atoms with Gasteiger partial charge in [-0.1, -0.05) is 24.6 Å². The predicted molar refractivity (Wildman–Crippen MR) is 79.3 cm³/mol. The SMILES string of the molecule is O=C(CN1CCc2ccccc21)N[C@H]1CCC[C@H]1C(=O)O. The quantitative estimate of drug-likeness (QED) is 0.879. The number of anilines is 1. The highest BCUT2D eigenvalue weighted by Gasteiger charge is 2.34. The smallest absolute Gasteiger partial charge is 0.308 e. The summed E-state index contributed by atoms with van der Waals surface area (Å²) in [6.45, 7) is 1.15. The Balaban J connectivity index is 1.59. The topological polar surface area (TPSA) is 69.6 Å². The zero-order chi connectivity index (χ0) is 14.8. The summed E-state index contributed by atoms with van der Waals surface area (Å²) in [4.78, 5) is 25.4. The molecule has 1 aromatic rings. The average Bonchev–Trinajstić information content (AvgIpc) is 3.06. The number of hydrogen-bond acceptors (Lipinski definition) is 3. The van der Waals surface area contributed by atoms with Crippen LogP contribution in [0.3, 0.4) is 0 Å². The summed E-state index contributed by atoms with van der Waals surface area (Å²) in [6, 6.07) is 7.90. The molecule has 0 radical (unpaired) electrons. The fourth-order valence-electron chi connectivity index (χ4n) is 3.42. The predicted octanol–water partition coefficient (Wildman–Crippen LogP) is 1.42. The molecule has 1 amide bonds. The van der Waals surface area contributed by atoms with Gasteiger partial charge in [0.25, 0.3) is 0 Å². The van der Waals surface area contributed by atoms with Crippen molar-refractivity contribution in [3.63, 3.8) is 0 Å². The van der Waals surface area contributed by atoms with E-state index in [1.807, 2.05) is 18.2 Å². The van der Waals surface area contributed by atoms with E-state index in [1.54, 1.807) is 0 Å². The summed E-state index contributed by atoms with van der Waals surface area (Å²) in [7, 11) is 0. The molecule has 0 saturated heterocycles. The van der Waals surface area contributed by atoms with Crippen LogP contribution in [-0.2, 0) is 16.0 Å². The summed E-state index contributed by atoms with van der Waals surface area (Å²) >= 11 is 0. The number of fused-ring (bicyclic) bond motifs is 1. The first-order valence-electron chi connectivity index (χ1n) is 7.50. The van der Waals surface area contributed by atoms with Crippen LogP contribution in [0.1, 0.15) is 24.8 Å². The number of para-hydroxylation sites is 1. The van der Waals surface area contributed by atoms with Crippen molar-refractivity contribution in [1.82, 2.24) is 5.32 Å². The largest absolute Gasteiger partial charge is 0.481 e. The molecule has 1 saturated carbocycles. The highest BCUT2D eigenvalue weighted by molar-refractivity contribution is 5.83. The highest BCUT2D eigenvalue weighted by Crippen LogP contribution is 2.28. The van der Waals surface area contributed by atoms with Gasteiger partial charge in [-0.25, -0.2) is 0 Å². The zero-order valence-electron chi connectivity index (χ0n) is 11.9. The summed E-state index contributed by atoms with van der Waals surface area (Å²) in [6.07, 6.45) is 3.26. The molecule has 0 spiro atoms. The first kappa shape index (κ1) is 13.9. The van der Waals surface area contributed by atoms with Crippen molar-refractivity contribution in [3.8, 4) is 0 Å². The molecule has 3 rings (SSSR count). The minimum atomic E-state index is -0.802. The van der Waals surface area contributed by atoms with Gasteiger partial charge in [0.05, 0.1) is 12.5 Å². The first-order valence-corrected chi connectivity index (χ1v) is 7.50. The molecular weight excluding hydrogens is 268 g/mol. The van der Waals surface area contributed by atoms with Gasteiger partial charge < -0.3 is 15.3 Å². The Morgan fingerprint density at radius 2 is 2.10 bits per heavy atom. The van der Waals surface area contributed by atoms with E-state index in [0.717, 1.165) is 31.5 Å². The minimum absolute atomic E-state index is 0.0788. The lowest BCUT2D eigenvalue weighted by Crippen LogP contribution is -2.44. The number of nitrogens with zero attached hydrogens (tertiary/aromatic N) is 1. The molecule has 21 heavy (non-hydrogen) atoms. The average molecular weight is 288 g/mol. The molecule has 5 heteroatoms. The number of carbonyl (C=O) groups is 2. The molecule has 0 unspecified atom stereocenters. The van der Waals surface area contributed by atoms with Gasteiger partial charge in [-0.05, 0) is 30.9 Å². The lowest BCUT2D eigenvalue weighted by atomic mass is 10.0. The maximum atomic E-state index is 12.2. The van der Waals surface area contributed by atoms with Gasteiger partial charge in [0.1, 0.15) is 0 Å². The third-order valence-electron chi connectivity index (χ3n) is 4.50. The van der Waals surface area contributed by atoms with Crippen LogP contribution in [0.4, 0.5) is 5.69 Å². The zero-order valence-corrected chi connectivity index (χ0v) is 11.9. The summed E-state index contributed by atoms with van der Waals surface area (Å²) in [5.41, 5.74) is 2.39. The van der Waals surface area contributed by atoms with Crippen molar-refractivity contribution in [2.24, 2.45) is 5.92 Å². The highest BCUT2D eigenvalue weighted by atomic mass is 16.4. The number of carboxylic acid groups (broad SMARTS) is 1. The number of benzene rings is 1. The van der Waals surface area contributed by atoms with E-state index >= 15 is 0 Å². The molecule has 1 aliphatic heterocycles. The number of hydrogen-bond donors (Lipinski definition) is 2. The third kappa shape index (κ3) is 2.86. The van der Waals surface area contributed by atoms with Crippen molar-refractivity contribution < 1.29 is 14.7 Å². The molecule has 112 valence electrons. The normalized spacial score (nSPS) is 23.9. The molecular formula is C16H20N2O3. The van der Waals surface area contributed by atoms with Crippen molar-refractivity contribution in [2.75, 3.05) is 18.0 Å². The molecule has 0 bridgehead atoms. The minimum Gasteiger partial charge on any atom is -0.481 e. The van der Waals surface area contributed by atoms with Crippen LogP contribution < -0.4 is 10.2 Å². The fraction of sp³-hybridized carbons (Fsp3) is 0.500. The van der Waals surface area contributed by atoms with Crippen LogP contribution in [0, 0.1) is 5.92 Å². The Morgan fingerprint density at radius 3 is 2.90 bits per heavy atom. The molecule has 2 aliphatic rings. The Labute approximate surface area is 123 Å². The Morgan fingerprint density at radius 1 is 1.29 bits per heavy atom. The van der Waals surface area contributed by atoms with E-state index in [0.29, 0.717) is 13.0 Å². The number of carboxylic acids is 1. The van der Waals surface area contributed by atoms with Gasteiger partial charge in [0, 0.05) is 18.3 Å². The van der Waals surface area contributed by atoms with Crippen molar-refractivity contribution >= 4 is 17.6 Å². The van der Waals surface area contributed by atoms with E-state index in [4.69, 9.17) is 5.11 Å². The summed E-state index contributed by atoms with van der Waals surface area (Å²) in [5.74, 6) is -1.31. The van der Waals surface area contributed by atoms with Gasteiger partial charge in [-0.2, -0.15) is 0 Å². The van der Waals surface area contributed by atoms with Gasteiger partial charge in [0.15, 0.2) is 0 Å². The first-order chi connectivity index (χ1) is 10.1. The van der Waals surface area contributed by atoms with Crippen LogP contribution in [0.25, 0.3) is 0 Å². The van der Waals surface area contributed by atoms with Crippen molar-refractivity contribution in [1.29, 1.82) is 0 Å². The van der Waals surface area contributed by atoms with Gasteiger partial charge in [-0.3, -0.25) is 9.59 Å². The number of aliphatic carboxylic acids is 1. The Hall–Kier alpha value is -2.04. The standard InChI is InChI=1S/C16H20N2O3/c19-15(17-13-6-3-5-12(13)16(20)21)10-18-9-8-11-4-1-2-7-14(11)18/h1-2,4,7,12-13H,3,5-6,8-10H2,(H,17,19)(H,20,21)/t12-,13+/m1/s1. The molecule has 1 aromatic carbocycles. The lowest BCUT2D eigenvalue weighted by molar-refractivity contribution is -0.142. The fourth-order valence-corrected chi connectivity index (χ4v) is 3.42. The van der Waals surface area contributed by atoms with E-state index in [1.165, 1.54) is 5.56 Å². The number of amides is 1. The maximum Gasteiger partial charge on any atom is 0.308 e. The van der Waals surface area contributed by atoms with Gasteiger partial charge >= 0.3 is 5.97 Å². The van der Waals surface area contributed by atoms with E-state index in [-0.39, 0.29) is 11.9 Å². The van der Waals surface area contributed by atoms with Gasteiger partial charge in [-0.15, -0.1) is 0 Å². The monoisotopic (exact) mass is 288 g/mol. The number of nitrogens with one attached hydrogen (secondary N) is 1. The van der Waals surface area contributed by atoms with Crippen LogP contribution in [-0.4, -0.2) is 36.1 Å². The third-order valence-corrected chi connectivity index (χ3v) is 4.50. The second kappa shape index (κ2) is 5.76.